The summed E-state index contributed by atoms with van der Waals surface area (Å²) in [5, 5.41) is 8.01. The lowest BCUT2D eigenvalue weighted by molar-refractivity contribution is 0.519. The van der Waals surface area contributed by atoms with Gasteiger partial charge in [-0.15, -0.1) is 6.58 Å². The van der Waals surface area contributed by atoms with Crippen molar-refractivity contribution in [2.75, 3.05) is 0 Å². The van der Waals surface area contributed by atoms with Gasteiger partial charge in [0.1, 0.15) is 0 Å². The van der Waals surface area contributed by atoms with Crippen LogP contribution < -0.4 is 5.32 Å². The topological polar surface area (TPSA) is 29.9 Å². The van der Waals surface area contributed by atoms with E-state index >= 15 is 0 Å². The van der Waals surface area contributed by atoms with E-state index in [9.17, 15) is 0 Å². The zero-order chi connectivity index (χ0) is 12.0. The summed E-state index contributed by atoms with van der Waals surface area (Å²) >= 11 is 0. The van der Waals surface area contributed by atoms with Gasteiger partial charge in [0.2, 0.25) is 0 Å². The number of hydrogen-bond acceptors (Lipinski definition) is 2. The Morgan fingerprint density at radius 1 is 1.56 bits per heavy atom. The fourth-order valence-electron chi connectivity index (χ4n) is 1.72. The Morgan fingerprint density at radius 3 is 2.88 bits per heavy atom. The van der Waals surface area contributed by atoms with Crippen molar-refractivity contribution in [2.45, 2.75) is 52.7 Å². The van der Waals surface area contributed by atoms with E-state index in [2.05, 4.69) is 48.5 Å². The maximum Gasteiger partial charge on any atom is 0.0625 e. The normalized spacial score (nSPS) is 12.7. The number of nitrogens with one attached hydrogen (secondary N) is 1. The van der Waals surface area contributed by atoms with Crippen LogP contribution in [-0.2, 0) is 19.5 Å². The third-order valence-corrected chi connectivity index (χ3v) is 2.73. The maximum atomic E-state index is 4.53. The number of hydrogen-bond donors (Lipinski definition) is 1. The summed E-state index contributed by atoms with van der Waals surface area (Å²) in [6, 6.07) is 2.67. The molecule has 0 aliphatic carbocycles. The van der Waals surface area contributed by atoms with E-state index in [-0.39, 0.29) is 0 Å². The van der Waals surface area contributed by atoms with Gasteiger partial charge in [-0.25, -0.2) is 0 Å². The zero-order valence-electron chi connectivity index (χ0n) is 10.7. The SMILES string of the molecule is C=CCC(C)NCc1cc(CC)nn1CC. The second-order valence-corrected chi connectivity index (χ2v) is 4.10. The quantitative estimate of drug-likeness (QED) is 0.717. The molecule has 16 heavy (non-hydrogen) atoms. The second kappa shape index (κ2) is 6.48. The molecule has 0 aliphatic rings. The molecule has 0 bridgehead atoms. The highest BCUT2D eigenvalue weighted by Gasteiger charge is 2.06. The molecule has 1 rings (SSSR count). The lowest BCUT2D eigenvalue weighted by Crippen LogP contribution is -2.26. The molecule has 0 aliphatic heterocycles. The van der Waals surface area contributed by atoms with E-state index < -0.39 is 0 Å². The summed E-state index contributed by atoms with van der Waals surface area (Å²) in [4.78, 5) is 0. The molecule has 0 spiro atoms. The Labute approximate surface area is 98.5 Å². The third kappa shape index (κ3) is 3.49. The average Bonchev–Trinajstić information content (AvgIpc) is 2.69. The molecule has 0 saturated carbocycles. The van der Waals surface area contributed by atoms with E-state index in [0.29, 0.717) is 6.04 Å². The van der Waals surface area contributed by atoms with Crippen molar-refractivity contribution in [2.24, 2.45) is 0 Å². The Bertz CT molecular complexity index is 328. The van der Waals surface area contributed by atoms with Crippen molar-refractivity contribution >= 4 is 0 Å². The highest BCUT2D eigenvalue weighted by atomic mass is 15.3. The molecule has 0 saturated heterocycles. The van der Waals surface area contributed by atoms with Gasteiger partial charge in [-0.1, -0.05) is 13.0 Å². The van der Waals surface area contributed by atoms with Gasteiger partial charge in [0.05, 0.1) is 11.4 Å². The van der Waals surface area contributed by atoms with E-state index in [1.54, 1.807) is 0 Å². The minimum atomic E-state index is 0.475. The van der Waals surface area contributed by atoms with Gasteiger partial charge in [0.25, 0.3) is 0 Å². The van der Waals surface area contributed by atoms with Crippen LogP contribution in [0, 0.1) is 0 Å². The smallest absolute Gasteiger partial charge is 0.0625 e. The van der Waals surface area contributed by atoms with Gasteiger partial charge >= 0.3 is 0 Å². The van der Waals surface area contributed by atoms with Crippen molar-refractivity contribution in [3.63, 3.8) is 0 Å². The Balaban J connectivity index is 2.58. The fourth-order valence-corrected chi connectivity index (χ4v) is 1.72. The zero-order valence-corrected chi connectivity index (χ0v) is 10.7. The van der Waals surface area contributed by atoms with Gasteiger partial charge < -0.3 is 5.32 Å². The molecule has 1 aromatic heterocycles. The van der Waals surface area contributed by atoms with Crippen LogP contribution in [-0.4, -0.2) is 15.8 Å². The van der Waals surface area contributed by atoms with Gasteiger partial charge in [-0.3, -0.25) is 4.68 Å². The van der Waals surface area contributed by atoms with Crippen molar-refractivity contribution in [3.05, 3.63) is 30.1 Å². The lowest BCUT2D eigenvalue weighted by atomic mass is 10.2. The van der Waals surface area contributed by atoms with E-state index in [4.69, 9.17) is 0 Å². The average molecular weight is 221 g/mol. The van der Waals surface area contributed by atoms with Gasteiger partial charge in [0.15, 0.2) is 0 Å². The predicted octanol–water partition coefficient (Wildman–Crippen LogP) is 2.52. The summed E-state index contributed by atoms with van der Waals surface area (Å²) in [5.41, 5.74) is 2.45. The first kappa shape index (κ1) is 13.0. The number of aromatic nitrogens is 2. The largest absolute Gasteiger partial charge is 0.308 e. The van der Waals surface area contributed by atoms with Crippen LogP contribution >= 0.6 is 0 Å². The first-order chi connectivity index (χ1) is 7.71. The second-order valence-electron chi connectivity index (χ2n) is 4.10. The Kier molecular flexibility index (Phi) is 5.26. The molecule has 1 unspecified atom stereocenters. The molecule has 1 heterocycles. The lowest BCUT2D eigenvalue weighted by Gasteiger charge is -2.12. The van der Waals surface area contributed by atoms with Crippen LogP contribution in [0.4, 0.5) is 0 Å². The molecule has 0 fully saturated rings. The number of rotatable bonds is 7. The van der Waals surface area contributed by atoms with Crippen LogP contribution in [0.3, 0.4) is 0 Å². The van der Waals surface area contributed by atoms with Crippen molar-refractivity contribution in [1.82, 2.24) is 15.1 Å². The fraction of sp³-hybridized carbons (Fsp3) is 0.615. The first-order valence-electron chi connectivity index (χ1n) is 6.11. The summed E-state index contributed by atoms with van der Waals surface area (Å²) in [6.45, 7) is 12.0. The molecule has 0 amide bonds. The van der Waals surface area contributed by atoms with Crippen LogP contribution in [0.5, 0.6) is 0 Å². The molecule has 1 atom stereocenters. The third-order valence-electron chi connectivity index (χ3n) is 2.73. The molecule has 3 heteroatoms. The monoisotopic (exact) mass is 221 g/mol. The van der Waals surface area contributed by atoms with E-state index in [1.807, 2.05) is 6.08 Å². The summed E-state index contributed by atoms with van der Waals surface area (Å²) in [7, 11) is 0. The van der Waals surface area contributed by atoms with Gasteiger partial charge in [-0.2, -0.15) is 5.10 Å². The molecule has 1 aromatic rings. The molecule has 3 nitrogen and oxygen atoms in total. The number of aryl methyl sites for hydroxylation is 2. The van der Waals surface area contributed by atoms with Crippen molar-refractivity contribution < 1.29 is 0 Å². The highest BCUT2D eigenvalue weighted by Crippen LogP contribution is 2.06. The minimum absolute atomic E-state index is 0.475. The molecule has 0 aromatic carbocycles. The van der Waals surface area contributed by atoms with Crippen LogP contribution in [0.15, 0.2) is 18.7 Å². The summed E-state index contributed by atoms with van der Waals surface area (Å²) in [5.74, 6) is 0. The maximum absolute atomic E-state index is 4.53. The first-order valence-corrected chi connectivity index (χ1v) is 6.11. The molecular formula is C13H23N3. The molecular weight excluding hydrogens is 198 g/mol. The highest BCUT2D eigenvalue weighted by molar-refractivity contribution is 5.10. The van der Waals surface area contributed by atoms with Crippen molar-refractivity contribution in [1.29, 1.82) is 0 Å². The van der Waals surface area contributed by atoms with Crippen molar-refractivity contribution in [3.8, 4) is 0 Å². The van der Waals surface area contributed by atoms with Crippen LogP contribution in [0.2, 0.25) is 0 Å². The molecule has 0 radical (unpaired) electrons. The van der Waals surface area contributed by atoms with E-state index in [1.165, 1.54) is 11.4 Å². The van der Waals surface area contributed by atoms with Crippen LogP contribution in [0.25, 0.3) is 0 Å². The molecule has 90 valence electrons. The Hall–Kier alpha value is -1.09. The van der Waals surface area contributed by atoms with Crippen LogP contribution in [0.1, 0.15) is 38.6 Å². The van der Waals surface area contributed by atoms with E-state index in [0.717, 1.165) is 25.9 Å². The summed E-state index contributed by atoms with van der Waals surface area (Å²) in [6.07, 6.45) is 3.95. The minimum Gasteiger partial charge on any atom is -0.308 e. The Morgan fingerprint density at radius 2 is 2.31 bits per heavy atom. The van der Waals surface area contributed by atoms with Gasteiger partial charge in [0, 0.05) is 19.1 Å². The standard InChI is InChI=1S/C13H23N3/c1-5-8-11(4)14-10-13-9-12(6-2)15-16(13)7-3/h5,9,11,14H,1,6-8,10H2,2-4H3. The summed E-state index contributed by atoms with van der Waals surface area (Å²) < 4.78 is 2.08. The van der Waals surface area contributed by atoms with Gasteiger partial charge in [-0.05, 0) is 32.8 Å². The predicted molar refractivity (Wildman–Crippen MR) is 68.4 cm³/mol. The molecule has 1 N–H and O–H groups in total. The number of nitrogens with zero attached hydrogens (tertiary/aromatic N) is 2.